The van der Waals surface area contributed by atoms with E-state index < -0.39 is 41.8 Å². The predicted molar refractivity (Wildman–Crippen MR) is 152 cm³/mol. The van der Waals surface area contributed by atoms with Gasteiger partial charge in [-0.3, -0.25) is 24.6 Å². The van der Waals surface area contributed by atoms with Crippen LogP contribution in [-0.2, 0) is 43.5 Å². The third-order valence-corrected chi connectivity index (χ3v) is 6.55. The van der Waals surface area contributed by atoms with Crippen molar-refractivity contribution in [3.8, 4) is 0 Å². The van der Waals surface area contributed by atoms with Crippen molar-refractivity contribution < 1.29 is 42.3 Å². The van der Waals surface area contributed by atoms with Crippen molar-refractivity contribution >= 4 is 29.5 Å². The maximum atomic E-state index is 13.3. The summed E-state index contributed by atoms with van der Waals surface area (Å²) >= 11 is 0. The molecule has 4 rings (SSSR count). The van der Waals surface area contributed by atoms with Gasteiger partial charge in [-0.1, -0.05) is 91.0 Å². The maximum absolute atomic E-state index is 13.3. The Balaban J connectivity index is 0.000000676. The lowest BCUT2D eigenvalue weighted by atomic mass is 10.0. The van der Waals surface area contributed by atoms with Gasteiger partial charge in [-0.2, -0.15) is 13.2 Å². The van der Waals surface area contributed by atoms with Gasteiger partial charge in [0.25, 0.3) is 0 Å². The van der Waals surface area contributed by atoms with Gasteiger partial charge in [0.05, 0.1) is 0 Å². The van der Waals surface area contributed by atoms with Crippen molar-refractivity contribution in [2.24, 2.45) is 0 Å². The summed E-state index contributed by atoms with van der Waals surface area (Å²) in [7, 11) is 0. The average Bonchev–Trinajstić information content (AvgIpc) is 3.37. The minimum absolute atomic E-state index is 0.113. The Bertz CT molecular complexity index is 1420. The summed E-state index contributed by atoms with van der Waals surface area (Å²) in [6, 6.07) is 26.3. The molecular formula is C31H31F3N4O6. The Kier molecular flexibility index (Phi) is 12.2. The second kappa shape index (κ2) is 16.0. The van der Waals surface area contributed by atoms with E-state index in [4.69, 9.17) is 9.90 Å². The van der Waals surface area contributed by atoms with Crippen LogP contribution in [-0.4, -0.2) is 57.7 Å². The van der Waals surface area contributed by atoms with E-state index in [-0.39, 0.29) is 18.7 Å². The Hall–Kier alpha value is -5.04. The summed E-state index contributed by atoms with van der Waals surface area (Å²) in [4.78, 5) is 62.1. The molecule has 0 bridgehead atoms. The van der Waals surface area contributed by atoms with Crippen LogP contribution in [0.1, 0.15) is 29.5 Å². The molecule has 1 fully saturated rings. The molecule has 3 amide bonds. The fourth-order valence-corrected chi connectivity index (χ4v) is 4.35. The first-order chi connectivity index (χ1) is 21.0. The van der Waals surface area contributed by atoms with E-state index in [0.717, 1.165) is 16.7 Å². The Morgan fingerprint density at radius 2 is 1.34 bits per heavy atom. The smallest absolute Gasteiger partial charge is 0.475 e. The van der Waals surface area contributed by atoms with Crippen LogP contribution in [0.2, 0.25) is 0 Å². The number of hydrazine groups is 1. The number of alkyl halides is 3. The zero-order valence-electron chi connectivity index (χ0n) is 23.4. The molecule has 13 heteroatoms. The number of nitrogens with zero attached hydrogens (tertiary/aromatic N) is 1. The fraction of sp³-hybridized carbons (Fsp3) is 0.258. The number of rotatable bonds is 11. The van der Waals surface area contributed by atoms with Crippen LogP contribution in [0.15, 0.2) is 91.0 Å². The number of likely N-dealkylation sites (tertiary alicyclic amines) is 1. The van der Waals surface area contributed by atoms with Gasteiger partial charge < -0.3 is 15.3 Å². The summed E-state index contributed by atoms with van der Waals surface area (Å²) < 4.78 is 31.7. The number of Topliss-reactive ketones (excluding diaryl/α,β-unsaturated/α-hetero) is 1. The van der Waals surface area contributed by atoms with Gasteiger partial charge in [0.15, 0.2) is 0 Å². The molecule has 10 nitrogen and oxygen atoms in total. The molecule has 3 aromatic carbocycles. The van der Waals surface area contributed by atoms with E-state index in [9.17, 15) is 32.3 Å². The van der Waals surface area contributed by atoms with Crippen molar-refractivity contribution in [2.45, 2.75) is 50.6 Å². The van der Waals surface area contributed by atoms with Crippen LogP contribution in [0, 0.1) is 0 Å². The van der Waals surface area contributed by atoms with Crippen molar-refractivity contribution in [1.29, 1.82) is 0 Å². The molecule has 1 aliphatic heterocycles. The minimum atomic E-state index is -5.08. The van der Waals surface area contributed by atoms with Gasteiger partial charge in [-0.25, -0.2) is 10.2 Å². The highest BCUT2D eigenvalue weighted by atomic mass is 19.4. The van der Waals surface area contributed by atoms with Gasteiger partial charge >= 0.3 is 18.1 Å². The van der Waals surface area contributed by atoms with Crippen LogP contribution < -0.4 is 16.2 Å². The van der Waals surface area contributed by atoms with Gasteiger partial charge in [-0.05, 0) is 23.1 Å². The molecule has 1 heterocycles. The van der Waals surface area contributed by atoms with E-state index in [1.807, 2.05) is 91.0 Å². The van der Waals surface area contributed by atoms with E-state index in [0.29, 0.717) is 19.5 Å². The standard InChI is InChI=1S/C29H30N4O4.C2HF3O2/c34-26-17-16-25(33(26)20-23-14-8-3-9-15-23)28(36)31-24(18-21-10-4-1-5-11-21)27(35)29(37)32-30-19-22-12-6-2-7-13-22;3-2(4,5)1(6)7/h1-15,24-25,30H,16-20H2,(H,31,36)(H,32,37);(H,6,7)/t24?,25-;/m1./s1. The maximum Gasteiger partial charge on any atom is 0.490 e. The molecule has 1 aliphatic rings. The lowest BCUT2D eigenvalue weighted by Crippen LogP contribution is -2.54. The van der Waals surface area contributed by atoms with E-state index in [1.54, 1.807) is 0 Å². The lowest BCUT2D eigenvalue weighted by Gasteiger charge is -2.26. The Morgan fingerprint density at radius 1 is 0.841 bits per heavy atom. The van der Waals surface area contributed by atoms with Crippen molar-refractivity contribution in [2.75, 3.05) is 0 Å². The second-order valence-corrected chi connectivity index (χ2v) is 9.77. The number of halogens is 3. The first-order valence-electron chi connectivity index (χ1n) is 13.5. The number of benzene rings is 3. The molecule has 2 atom stereocenters. The Morgan fingerprint density at radius 3 is 1.86 bits per heavy atom. The highest BCUT2D eigenvalue weighted by molar-refractivity contribution is 6.38. The molecular weight excluding hydrogens is 581 g/mol. The third-order valence-electron chi connectivity index (χ3n) is 6.55. The number of carboxylic acid groups (broad SMARTS) is 1. The fourth-order valence-electron chi connectivity index (χ4n) is 4.35. The zero-order valence-corrected chi connectivity index (χ0v) is 23.4. The normalized spacial score (nSPS) is 15.0. The summed E-state index contributed by atoms with van der Waals surface area (Å²) in [6.07, 6.45) is -4.32. The molecule has 1 unspecified atom stereocenters. The van der Waals surface area contributed by atoms with Crippen LogP contribution in [0.25, 0.3) is 0 Å². The second-order valence-electron chi connectivity index (χ2n) is 9.77. The summed E-state index contributed by atoms with van der Waals surface area (Å²) in [5, 5.41) is 9.89. The number of nitrogens with one attached hydrogen (secondary N) is 3. The van der Waals surface area contributed by atoms with Crippen molar-refractivity contribution in [3.63, 3.8) is 0 Å². The Labute approximate surface area is 251 Å². The number of hydrogen-bond acceptors (Lipinski definition) is 6. The van der Waals surface area contributed by atoms with Crippen LogP contribution in [0.5, 0.6) is 0 Å². The van der Waals surface area contributed by atoms with Gasteiger partial charge in [0, 0.05) is 25.9 Å². The summed E-state index contributed by atoms with van der Waals surface area (Å²) in [5.74, 6) is -4.93. The molecule has 0 spiro atoms. The van der Waals surface area contributed by atoms with Crippen LogP contribution in [0.3, 0.4) is 0 Å². The highest BCUT2D eigenvalue weighted by Crippen LogP contribution is 2.22. The SMILES string of the molecule is O=C(NNCc1ccccc1)C(=O)C(Cc1ccccc1)NC(=O)[C@H]1CCC(=O)N1Cc1ccccc1.O=C(O)C(F)(F)F. The van der Waals surface area contributed by atoms with Gasteiger partial charge in [-0.15, -0.1) is 0 Å². The summed E-state index contributed by atoms with van der Waals surface area (Å²) in [5.41, 5.74) is 7.85. The summed E-state index contributed by atoms with van der Waals surface area (Å²) in [6.45, 7) is 0.646. The topological polar surface area (TPSA) is 145 Å². The first-order valence-corrected chi connectivity index (χ1v) is 13.5. The lowest BCUT2D eigenvalue weighted by molar-refractivity contribution is -0.192. The monoisotopic (exact) mass is 612 g/mol. The van der Waals surface area contributed by atoms with Gasteiger partial charge in [0.2, 0.25) is 17.6 Å². The zero-order chi connectivity index (χ0) is 32.1. The number of aliphatic carboxylic acids is 1. The average molecular weight is 613 g/mol. The number of amides is 3. The molecule has 0 aliphatic carbocycles. The van der Waals surface area contributed by atoms with Gasteiger partial charge in [0.1, 0.15) is 12.1 Å². The third kappa shape index (κ3) is 10.3. The molecule has 3 aromatic rings. The van der Waals surface area contributed by atoms with Crippen LogP contribution in [0.4, 0.5) is 13.2 Å². The molecule has 0 radical (unpaired) electrons. The number of hydrogen-bond donors (Lipinski definition) is 4. The number of carbonyl (C=O) groups is 5. The van der Waals surface area contributed by atoms with E-state index in [1.165, 1.54) is 4.90 Å². The van der Waals surface area contributed by atoms with Crippen LogP contribution >= 0.6 is 0 Å². The molecule has 0 aromatic heterocycles. The molecule has 232 valence electrons. The van der Waals surface area contributed by atoms with E-state index >= 15 is 0 Å². The molecule has 1 saturated heterocycles. The van der Waals surface area contributed by atoms with E-state index in [2.05, 4.69) is 16.2 Å². The molecule has 0 saturated carbocycles. The van der Waals surface area contributed by atoms with Crippen molar-refractivity contribution in [1.82, 2.24) is 21.1 Å². The van der Waals surface area contributed by atoms with Crippen molar-refractivity contribution in [3.05, 3.63) is 108 Å². The first kappa shape index (κ1) is 33.5. The molecule has 4 N–H and O–H groups in total. The molecule has 44 heavy (non-hydrogen) atoms. The largest absolute Gasteiger partial charge is 0.490 e. The number of ketones is 1. The quantitative estimate of drug-likeness (QED) is 0.193. The predicted octanol–water partition coefficient (Wildman–Crippen LogP) is 2.93. The highest BCUT2D eigenvalue weighted by Gasteiger charge is 2.39. The number of carboxylic acids is 1. The number of carbonyl (C=O) groups excluding carboxylic acids is 4. The minimum Gasteiger partial charge on any atom is -0.475 e.